The molecule has 0 fully saturated rings. The van der Waals surface area contributed by atoms with E-state index in [2.05, 4.69) is 10.5 Å². The normalized spacial score (nSPS) is 11.8. The molecule has 0 unspecified atom stereocenters. The van der Waals surface area contributed by atoms with Gasteiger partial charge in [-0.3, -0.25) is 9.10 Å². The number of hydrazone groups is 1. The number of hydrogen-bond acceptors (Lipinski definition) is 7. The van der Waals surface area contributed by atoms with Crippen molar-refractivity contribution in [2.45, 2.75) is 6.92 Å². The van der Waals surface area contributed by atoms with Gasteiger partial charge in [-0.2, -0.15) is 5.10 Å². The number of benzene rings is 1. The highest BCUT2D eigenvalue weighted by molar-refractivity contribution is 7.92. The number of rotatable bonds is 8. The van der Waals surface area contributed by atoms with Crippen LogP contribution in [0.5, 0.6) is 11.5 Å². The molecule has 0 aliphatic carbocycles. The van der Waals surface area contributed by atoms with E-state index < -0.39 is 22.5 Å². The number of hydrogen-bond donors (Lipinski definition) is 1. The van der Waals surface area contributed by atoms with Crippen molar-refractivity contribution < 1.29 is 22.7 Å². The van der Waals surface area contributed by atoms with Crippen LogP contribution in [0.4, 0.5) is 5.69 Å². The van der Waals surface area contributed by atoms with Crippen LogP contribution >= 0.6 is 11.3 Å². The van der Waals surface area contributed by atoms with Gasteiger partial charge in [0, 0.05) is 10.9 Å². The van der Waals surface area contributed by atoms with Crippen LogP contribution < -0.4 is 19.2 Å². The van der Waals surface area contributed by atoms with Crippen LogP contribution in [0.2, 0.25) is 0 Å². The highest BCUT2D eigenvalue weighted by atomic mass is 32.2. The van der Waals surface area contributed by atoms with Crippen molar-refractivity contribution in [2.24, 2.45) is 5.10 Å². The Hall–Kier alpha value is -2.59. The number of amides is 1. The van der Waals surface area contributed by atoms with E-state index in [1.165, 1.54) is 31.6 Å². The molecule has 1 heterocycles. The van der Waals surface area contributed by atoms with Crippen molar-refractivity contribution in [1.29, 1.82) is 0 Å². The largest absolute Gasteiger partial charge is 0.497 e. The molecule has 27 heavy (non-hydrogen) atoms. The average molecular weight is 412 g/mol. The topological polar surface area (TPSA) is 97.3 Å². The zero-order valence-electron chi connectivity index (χ0n) is 15.4. The van der Waals surface area contributed by atoms with Crippen molar-refractivity contribution >= 4 is 38.7 Å². The maximum absolute atomic E-state index is 12.3. The first-order valence-corrected chi connectivity index (χ1v) is 10.6. The van der Waals surface area contributed by atoms with E-state index in [0.717, 1.165) is 15.4 Å². The predicted molar refractivity (Wildman–Crippen MR) is 106 cm³/mol. The molecule has 8 nitrogen and oxygen atoms in total. The molecule has 2 rings (SSSR count). The number of carbonyl (C=O) groups excluding carboxylic acids is 1. The standard InChI is InChI=1S/C17H21N3O5S2/c1-12(16-6-5-9-26-16)18-19-17(21)11-20(27(4,22)23)14-8-7-13(24-2)10-15(14)25-3/h5-10H,11H2,1-4H3,(H,19,21). The Morgan fingerprint density at radius 3 is 2.56 bits per heavy atom. The first-order chi connectivity index (χ1) is 12.8. The van der Waals surface area contributed by atoms with Crippen LogP contribution in [-0.2, 0) is 14.8 Å². The fraction of sp³-hybridized carbons (Fsp3) is 0.294. The Balaban J connectivity index is 2.23. The van der Waals surface area contributed by atoms with Gasteiger partial charge in [-0.05, 0) is 30.5 Å². The van der Waals surface area contributed by atoms with Crippen molar-refractivity contribution in [3.05, 3.63) is 40.6 Å². The molecule has 0 atom stereocenters. The van der Waals surface area contributed by atoms with Crippen molar-refractivity contribution in [3.63, 3.8) is 0 Å². The summed E-state index contributed by atoms with van der Waals surface area (Å²) in [5.41, 5.74) is 3.25. The van der Waals surface area contributed by atoms with E-state index >= 15 is 0 Å². The van der Waals surface area contributed by atoms with E-state index in [1.807, 2.05) is 17.5 Å². The van der Waals surface area contributed by atoms with Gasteiger partial charge in [-0.25, -0.2) is 13.8 Å². The quantitative estimate of drug-likeness (QED) is 0.530. The first kappa shape index (κ1) is 20.7. The SMILES string of the molecule is COc1ccc(N(CC(=O)NN=C(C)c2cccs2)S(C)(=O)=O)c(OC)c1. The summed E-state index contributed by atoms with van der Waals surface area (Å²) in [7, 11) is -0.841. The fourth-order valence-electron chi connectivity index (χ4n) is 2.22. The van der Waals surface area contributed by atoms with Gasteiger partial charge < -0.3 is 9.47 Å². The fourth-order valence-corrected chi connectivity index (χ4v) is 3.76. The van der Waals surface area contributed by atoms with Gasteiger partial charge in [0.2, 0.25) is 10.0 Å². The van der Waals surface area contributed by atoms with Crippen LogP contribution in [0.25, 0.3) is 0 Å². The number of anilines is 1. The minimum absolute atomic E-state index is 0.231. The lowest BCUT2D eigenvalue weighted by Gasteiger charge is -2.23. The van der Waals surface area contributed by atoms with Gasteiger partial charge in [-0.1, -0.05) is 6.07 Å². The van der Waals surface area contributed by atoms with Gasteiger partial charge in [-0.15, -0.1) is 11.3 Å². The molecule has 2 aromatic rings. The summed E-state index contributed by atoms with van der Waals surface area (Å²) in [6, 6.07) is 8.41. The minimum atomic E-state index is -3.74. The lowest BCUT2D eigenvalue weighted by Crippen LogP contribution is -2.39. The molecular weight excluding hydrogens is 390 g/mol. The van der Waals surface area contributed by atoms with Gasteiger partial charge in [0.25, 0.3) is 5.91 Å². The summed E-state index contributed by atoms with van der Waals surface area (Å²) in [4.78, 5) is 13.2. The first-order valence-electron chi connectivity index (χ1n) is 7.83. The summed E-state index contributed by atoms with van der Waals surface area (Å²) in [5.74, 6) is 0.199. The second-order valence-corrected chi connectivity index (χ2v) is 8.37. The Bertz CT molecular complexity index is 924. The van der Waals surface area contributed by atoms with Crippen LogP contribution in [0, 0.1) is 0 Å². The Labute approximate surface area is 162 Å². The minimum Gasteiger partial charge on any atom is -0.497 e. The third-order valence-electron chi connectivity index (χ3n) is 3.57. The van der Waals surface area contributed by atoms with Gasteiger partial charge in [0.15, 0.2) is 0 Å². The third-order valence-corrected chi connectivity index (χ3v) is 5.67. The summed E-state index contributed by atoms with van der Waals surface area (Å²) in [6.07, 6.45) is 1.02. The molecule has 1 N–H and O–H groups in total. The molecule has 0 spiro atoms. The average Bonchev–Trinajstić information content (AvgIpc) is 3.17. The summed E-state index contributed by atoms with van der Waals surface area (Å²) < 4.78 is 35.8. The number of thiophene rings is 1. The molecule has 0 aliphatic rings. The number of nitrogens with zero attached hydrogens (tertiary/aromatic N) is 2. The van der Waals surface area contributed by atoms with E-state index in [0.29, 0.717) is 11.5 Å². The van der Waals surface area contributed by atoms with Crippen molar-refractivity contribution in [3.8, 4) is 11.5 Å². The van der Waals surface area contributed by atoms with E-state index in [-0.39, 0.29) is 11.4 Å². The number of sulfonamides is 1. The Morgan fingerprint density at radius 1 is 1.26 bits per heavy atom. The van der Waals surface area contributed by atoms with Crippen LogP contribution in [0.3, 0.4) is 0 Å². The second kappa shape index (κ2) is 8.87. The lowest BCUT2D eigenvalue weighted by atomic mass is 10.2. The van der Waals surface area contributed by atoms with Crippen LogP contribution in [0.1, 0.15) is 11.8 Å². The molecule has 0 saturated heterocycles. The number of carbonyl (C=O) groups is 1. The molecule has 0 radical (unpaired) electrons. The smallest absolute Gasteiger partial charge is 0.260 e. The molecule has 0 bridgehead atoms. The number of ether oxygens (including phenoxy) is 2. The highest BCUT2D eigenvalue weighted by Crippen LogP contribution is 2.33. The third kappa shape index (κ3) is 5.44. The van der Waals surface area contributed by atoms with Gasteiger partial charge in [0.05, 0.1) is 31.9 Å². The lowest BCUT2D eigenvalue weighted by molar-refractivity contribution is -0.119. The maximum Gasteiger partial charge on any atom is 0.260 e. The van der Waals surface area contributed by atoms with Crippen molar-refractivity contribution in [1.82, 2.24) is 5.43 Å². The second-order valence-electron chi connectivity index (χ2n) is 5.52. The molecule has 1 amide bonds. The Morgan fingerprint density at radius 2 is 2.00 bits per heavy atom. The van der Waals surface area contributed by atoms with Gasteiger partial charge >= 0.3 is 0 Å². The molecular formula is C17H21N3O5S2. The van der Waals surface area contributed by atoms with E-state index in [4.69, 9.17) is 9.47 Å². The molecule has 1 aromatic heterocycles. The van der Waals surface area contributed by atoms with Gasteiger partial charge in [0.1, 0.15) is 18.0 Å². The number of methoxy groups -OCH3 is 2. The molecule has 146 valence electrons. The van der Waals surface area contributed by atoms with E-state index in [9.17, 15) is 13.2 Å². The maximum atomic E-state index is 12.3. The zero-order chi connectivity index (χ0) is 20.0. The van der Waals surface area contributed by atoms with Crippen molar-refractivity contribution in [2.75, 3.05) is 31.3 Å². The summed E-state index contributed by atoms with van der Waals surface area (Å²) in [5, 5.41) is 5.92. The molecule has 0 saturated carbocycles. The number of nitrogens with one attached hydrogen (secondary N) is 1. The van der Waals surface area contributed by atoms with E-state index in [1.54, 1.807) is 19.1 Å². The molecule has 0 aliphatic heterocycles. The predicted octanol–water partition coefficient (Wildman–Crippen LogP) is 2.07. The monoisotopic (exact) mass is 411 g/mol. The molecule has 1 aromatic carbocycles. The Kier molecular flexibility index (Phi) is 6.81. The van der Waals surface area contributed by atoms with Crippen LogP contribution in [-0.4, -0.2) is 47.1 Å². The van der Waals surface area contributed by atoms with Crippen LogP contribution in [0.15, 0.2) is 40.8 Å². The summed E-state index contributed by atoms with van der Waals surface area (Å²) >= 11 is 1.49. The summed E-state index contributed by atoms with van der Waals surface area (Å²) in [6.45, 7) is 1.32. The zero-order valence-corrected chi connectivity index (χ0v) is 17.1. The highest BCUT2D eigenvalue weighted by Gasteiger charge is 2.24. The molecule has 10 heteroatoms.